The predicted molar refractivity (Wildman–Crippen MR) is 58.0 cm³/mol. The van der Waals surface area contributed by atoms with Gasteiger partial charge in [-0.2, -0.15) is 0 Å². The summed E-state index contributed by atoms with van der Waals surface area (Å²) < 4.78 is 10.2. The molecule has 1 aromatic heterocycles. The number of ether oxygens (including phenoxy) is 1. The number of carbonyl (C=O) groups excluding carboxylic acids is 1. The second-order valence-corrected chi connectivity index (χ2v) is 4.16. The van der Waals surface area contributed by atoms with Crippen molar-refractivity contribution in [2.45, 2.75) is 26.2 Å². The van der Waals surface area contributed by atoms with E-state index in [2.05, 4.69) is 10.5 Å². The molecule has 1 N–H and O–H groups in total. The van der Waals surface area contributed by atoms with E-state index in [0.29, 0.717) is 30.5 Å². The highest BCUT2D eigenvalue weighted by atomic mass is 16.5. The second kappa shape index (κ2) is 5.12. The van der Waals surface area contributed by atoms with Crippen LogP contribution in [0.15, 0.2) is 10.6 Å². The number of anilines is 1. The monoisotopic (exact) mass is 224 g/mol. The van der Waals surface area contributed by atoms with Crippen molar-refractivity contribution in [2.75, 3.05) is 18.5 Å². The molecule has 0 bridgehead atoms. The molecule has 0 aliphatic carbocycles. The molecular weight excluding hydrogens is 208 g/mol. The molecule has 2 rings (SSSR count). The lowest BCUT2D eigenvalue weighted by Gasteiger charge is -2.20. The van der Waals surface area contributed by atoms with E-state index in [-0.39, 0.29) is 5.91 Å². The van der Waals surface area contributed by atoms with Gasteiger partial charge >= 0.3 is 0 Å². The van der Waals surface area contributed by atoms with Gasteiger partial charge in [-0.3, -0.25) is 4.79 Å². The molecule has 1 aromatic rings. The van der Waals surface area contributed by atoms with E-state index in [4.69, 9.17) is 9.26 Å². The number of aryl methyl sites for hydroxylation is 1. The Morgan fingerprint density at radius 3 is 3.19 bits per heavy atom. The third-order valence-electron chi connectivity index (χ3n) is 2.62. The van der Waals surface area contributed by atoms with Crippen LogP contribution in [0.4, 0.5) is 5.82 Å². The molecule has 0 radical (unpaired) electrons. The number of hydrogen-bond donors (Lipinski definition) is 1. The minimum Gasteiger partial charge on any atom is -0.381 e. The average molecular weight is 224 g/mol. The van der Waals surface area contributed by atoms with E-state index in [1.165, 1.54) is 0 Å². The quantitative estimate of drug-likeness (QED) is 0.849. The Kier molecular flexibility index (Phi) is 3.56. The SMILES string of the molecule is Cc1cc(NC(=O)CC2CCCOC2)no1. The Hall–Kier alpha value is -1.36. The molecule has 16 heavy (non-hydrogen) atoms. The molecule has 1 amide bonds. The van der Waals surface area contributed by atoms with Crippen LogP contribution in [0.3, 0.4) is 0 Å². The van der Waals surface area contributed by atoms with Crippen LogP contribution in [0, 0.1) is 12.8 Å². The van der Waals surface area contributed by atoms with Crippen LogP contribution in [0.2, 0.25) is 0 Å². The summed E-state index contributed by atoms with van der Waals surface area (Å²) in [5.41, 5.74) is 0. The normalized spacial score (nSPS) is 20.7. The van der Waals surface area contributed by atoms with Gasteiger partial charge in [0.25, 0.3) is 0 Å². The van der Waals surface area contributed by atoms with Gasteiger partial charge in [-0.25, -0.2) is 0 Å². The van der Waals surface area contributed by atoms with Gasteiger partial charge < -0.3 is 14.6 Å². The molecular formula is C11H16N2O3. The minimum absolute atomic E-state index is 0.0243. The number of amides is 1. The molecule has 1 aliphatic heterocycles. The number of aromatic nitrogens is 1. The van der Waals surface area contributed by atoms with Gasteiger partial charge in [-0.05, 0) is 25.7 Å². The summed E-state index contributed by atoms with van der Waals surface area (Å²) in [5, 5.41) is 6.42. The van der Waals surface area contributed by atoms with Crippen LogP contribution in [0.1, 0.15) is 25.0 Å². The van der Waals surface area contributed by atoms with Crippen molar-refractivity contribution in [3.8, 4) is 0 Å². The van der Waals surface area contributed by atoms with Gasteiger partial charge in [0.15, 0.2) is 5.82 Å². The fraction of sp³-hybridized carbons (Fsp3) is 0.636. The molecule has 0 saturated carbocycles. The molecule has 2 heterocycles. The van der Waals surface area contributed by atoms with E-state index in [1.54, 1.807) is 13.0 Å². The van der Waals surface area contributed by atoms with Crippen LogP contribution in [0.5, 0.6) is 0 Å². The number of nitrogens with zero attached hydrogens (tertiary/aromatic N) is 1. The predicted octanol–water partition coefficient (Wildman–Crippen LogP) is 1.74. The van der Waals surface area contributed by atoms with Gasteiger partial charge in [0.05, 0.1) is 0 Å². The van der Waals surface area contributed by atoms with Gasteiger partial charge in [0, 0.05) is 25.7 Å². The number of nitrogens with one attached hydrogen (secondary N) is 1. The third kappa shape index (κ3) is 3.06. The van der Waals surface area contributed by atoms with Crippen LogP contribution in [-0.4, -0.2) is 24.3 Å². The fourth-order valence-corrected chi connectivity index (χ4v) is 1.85. The van der Waals surface area contributed by atoms with E-state index < -0.39 is 0 Å². The van der Waals surface area contributed by atoms with E-state index in [1.807, 2.05) is 0 Å². The van der Waals surface area contributed by atoms with E-state index in [0.717, 1.165) is 19.4 Å². The molecule has 1 unspecified atom stereocenters. The lowest BCUT2D eigenvalue weighted by atomic mass is 9.98. The summed E-state index contributed by atoms with van der Waals surface area (Å²) in [6.07, 6.45) is 2.60. The number of carbonyl (C=O) groups is 1. The Bertz CT molecular complexity index is 356. The maximum absolute atomic E-state index is 11.6. The molecule has 1 atom stereocenters. The van der Waals surface area contributed by atoms with Crippen LogP contribution < -0.4 is 5.32 Å². The molecule has 88 valence electrons. The first-order valence-electron chi connectivity index (χ1n) is 5.55. The zero-order valence-corrected chi connectivity index (χ0v) is 9.36. The largest absolute Gasteiger partial charge is 0.381 e. The zero-order valence-electron chi connectivity index (χ0n) is 9.36. The summed E-state index contributed by atoms with van der Waals surface area (Å²) in [6.45, 7) is 3.30. The van der Waals surface area contributed by atoms with Crippen LogP contribution >= 0.6 is 0 Å². The summed E-state index contributed by atoms with van der Waals surface area (Å²) in [6, 6.07) is 1.70. The minimum atomic E-state index is -0.0243. The Labute approximate surface area is 94.1 Å². The van der Waals surface area contributed by atoms with Crippen molar-refractivity contribution in [1.29, 1.82) is 0 Å². The van der Waals surface area contributed by atoms with Gasteiger partial charge in [-0.15, -0.1) is 0 Å². The topological polar surface area (TPSA) is 64.4 Å². The maximum Gasteiger partial charge on any atom is 0.225 e. The molecule has 1 saturated heterocycles. The van der Waals surface area contributed by atoms with E-state index in [9.17, 15) is 4.79 Å². The highest BCUT2D eigenvalue weighted by Gasteiger charge is 2.18. The summed E-state index contributed by atoms with van der Waals surface area (Å²) >= 11 is 0. The molecule has 1 fully saturated rings. The smallest absolute Gasteiger partial charge is 0.225 e. The Morgan fingerprint density at radius 2 is 2.56 bits per heavy atom. The maximum atomic E-state index is 11.6. The van der Waals surface area contributed by atoms with Crippen LogP contribution in [-0.2, 0) is 9.53 Å². The first-order chi connectivity index (χ1) is 7.74. The molecule has 0 spiro atoms. The third-order valence-corrected chi connectivity index (χ3v) is 2.62. The van der Waals surface area contributed by atoms with Crippen molar-refractivity contribution >= 4 is 11.7 Å². The van der Waals surface area contributed by atoms with Gasteiger partial charge in [-0.1, -0.05) is 5.16 Å². The summed E-state index contributed by atoms with van der Waals surface area (Å²) in [4.78, 5) is 11.6. The average Bonchev–Trinajstić information content (AvgIpc) is 2.65. The first kappa shape index (κ1) is 11.1. The lowest BCUT2D eigenvalue weighted by Crippen LogP contribution is -2.23. The van der Waals surface area contributed by atoms with E-state index >= 15 is 0 Å². The molecule has 5 nitrogen and oxygen atoms in total. The highest BCUT2D eigenvalue weighted by molar-refractivity contribution is 5.89. The second-order valence-electron chi connectivity index (χ2n) is 4.16. The van der Waals surface area contributed by atoms with Crippen molar-refractivity contribution < 1.29 is 14.1 Å². The van der Waals surface area contributed by atoms with Crippen molar-refractivity contribution in [2.24, 2.45) is 5.92 Å². The van der Waals surface area contributed by atoms with Gasteiger partial charge in [0.2, 0.25) is 5.91 Å². The van der Waals surface area contributed by atoms with Crippen molar-refractivity contribution in [3.63, 3.8) is 0 Å². The van der Waals surface area contributed by atoms with Crippen LogP contribution in [0.25, 0.3) is 0 Å². The summed E-state index contributed by atoms with van der Waals surface area (Å²) in [7, 11) is 0. The van der Waals surface area contributed by atoms with Gasteiger partial charge in [0.1, 0.15) is 5.76 Å². The number of hydrogen-bond acceptors (Lipinski definition) is 4. The highest BCUT2D eigenvalue weighted by Crippen LogP contribution is 2.18. The van der Waals surface area contributed by atoms with Crippen molar-refractivity contribution in [1.82, 2.24) is 5.16 Å². The Morgan fingerprint density at radius 1 is 1.69 bits per heavy atom. The standard InChI is InChI=1S/C11H16N2O3/c1-8-5-10(13-16-8)12-11(14)6-9-3-2-4-15-7-9/h5,9H,2-4,6-7H2,1H3,(H,12,13,14). The lowest BCUT2D eigenvalue weighted by molar-refractivity contribution is -0.118. The molecule has 5 heteroatoms. The molecule has 0 aromatic carbocycles. The Balaban J connectivity index is 1.79. The summed E-state index contributed by atoms with van der Waals surface area (Å²) in [5.74, 6) is 1.49. The fourth-order valence-electron chi connectivity index (χ4n) is 1.85. The van der Waals surface area contributed by atoms with Crippen molar-refractivity contribution in [3.05, 3.63) is 11.8 Å². The zero-order chi connectivity index (χ0) is 11.4. The molecule has 1 aliphatic rings. The number of rotatable bonds is 3. The first-order valence-corrected chi connectivity index (χ1v) is 5.55.